The molecule has 0 aliphatic carbocycles. The Morgan fingerprint density at radius 2 is 1.83 bits per heavy atom. The van der Waals surface area contributed by atoms with Gasteiger partial charge in [0.2, 0.25) is 0 Å². The molecule has 0 amide bonds. The second-order valence-electron chi connectivity index (χ2n) is 7.29. The molecule has 4 rings (SSSR count). The molecule has 3 aromatic rings. The summed E-state index contributed by atoms with van der Waals surface area (Å²) in [5.74, 6) is 0.787. The molecule has 1 aliphatic heterocycles. The highest BCUT2D eigenvalue weighted by molar-refractivity contribution is 5.36. The fraction of sp³-hybridized carbons (Fsp3) is 0.304. The zero-order chi connectivity index (χ0) is 20.4. The van der Waals surface area contributed by atoms with Crippen LogP contribution in [0.2, 0.25) is 0 Å². The van der Waals surface area contributed by atoms with Crippen LogP contribution in [0.4, 0.5) is 13.2 Å². The fourth-order valence-electron chi connectivity index (χ4n) is 4.13. The van der Waals surface area contributed by atoms with Gasteiger partial charge in [-0.2, -0.15) is 13.2 Å². The number of para-hydroxylation sites is 1. The highest BCUT2D eigenvalue weighted by Gasteiger charge is 2.33. The van der Waals surface area contributed by atoms with E-state index >= 15 is 0 Å². The van der Waals surface area contributed by atoms with Crippen molar-refractivity contribution in [3.05, 3.63) is 89.2 Å². The van der Waals surface area contributed by atoms with E-state index in [0.29, 0.717) is 12.1 Å². The van der Waals surface area contributed by atoms with Crippen LogP contribution in [0.5, 0.6) is 5.75 Å². The number of benzene rings is 2. The predicted octanol–water partition coefficient (Wildman–Crippen LogP) is 5.51. The molecule has 2 heterocycles. The van der Waals surface area contributed by atoms with Gasteiger partial charge in [0.1, 0.15) is 5.75 Å². The van der Waals surface area contributed by atoms with Crippen LogP contribution < -0.4 is 4.74 Å². The number of nitrogens with zero attached hydrogens (tertiary/aromatic N) is 2. The number of hydrogen-bond acceptors (Lipinski definition) is 2. The molecular formula is C23H23F3N2O. The Kier molecular flexibility index (Phi) is 5.37. The Labute approximate surface area is 168 Å². The van der Waals surface area contributed by atoms with Crippen LogP contribution in [-0.4, -0.2) is 23.1 Å². The highest BCUT2D eigenvalue weighted by atomic mass is 19.4. The van der Waals surface area contributed by atoms with E-state index in [9.17, 15) is 13.2 Å². The van der Waals surface area contributed by atoms with E-state index in [0.717, 1.165) is 42.6 Å². The van der Waals surface area contributed by atoms with Crippen molar-refractivity contribution in [2.24, 2.45) is 0 Å². The summed E-state index contributed by atoms with van der Waals surface area (Å²) in [6, 6.07) is 17.2. The second kappa shape index (κ2) is 7.95. The lowest BCUT2D eigenvalue weighted by Gasteiger charge is -2.31. The van der Waals surface area contributed by atoms with Crippen molar-refractivity contribution in [3.63, 3.8) is 0 Å². The summed E-state index contributed by atoms with van der Waals surface area (Å²) in [4.78, 5) is 2.24. The van der Waals surface area contributed by atoms with Gasteiger partial charge < -0.3 is 9.30 Å². The third-order valence-corrected chi connectivity index (χ3v) is 5.45. The average molecular weight is 400 g/mol. The number of halogens is 3. The highest BCUT2D eigenvalue weighted by Crippen LogP contribution is 2.37. The molecule has 3 nitrogen and oxygen atoms in total. The number of hydrogen-bond donors (Lipinski definition) is 0. The van der Waals surface area contributed by atoms with Crippen LogP contribution in [0.15, 0.2) is 66.9 Å². The Morgan fingerprint density at radius 3 is 2.62 bits per heavy atom. The molecule has 0 fully saturated rings. The number of alkyl halides is 3. The standard InChI is InChI=1S/C23H23F3N2O/c1-29-21-11-3-2-7-18(21)16-28-14-6-13-27-12-5-10-20(27)22(28)17-8-4-9-19(15-17)23(24,25)26/h2-5,7-12,15,22H,6,13-14,16H2,1H3. The molecule has 1 aromatic heterocycles. The quantitative estimate of drug-likeness (QED) is 0.575. The van der Waals surface area contributed by atoms with Gasteiger partial charge in [-0.05, 0) is 42.3 Å². The molecule has 1 atom stereocenters. The van der Waals surface area contributed by atoms with Gasteiger partial charge in [0.05, 0.1) is 18.7 Å². The fourth-order valence-corrected chi connectivity index (χ4v) is 4.13. The van der Waals surface area contributed by atoms with E-state index < -0.39 is 11.7 Å². The minimum absolute atomic E-state index is 0.264. The molecule has 1 unspecified atom stereocenters. The van der Waals surface area contributed by atoms with Crippen LogP contribution in [0.25, 0.3) is 0 Å². The maximum atomic E-state index is 13.4. The molecular weight excluding hydrogens is 377 g/mol. The van der Waals surface area contributed by atoms with E-state index in [1.54, 1.807) is 13.2 Å². The van der Waals surface area contributed by atoms with Gasteiger partial charge in [0.15, 0.2) is 0 Å². The van der Waals surface area contributed by atoms with Crippen molar-refractivity contribution in [1.82, 2.24) is 9.47 Å². The smallest absolute Gasteiger partial charge is 0.416 e. The molecule has 6 heteroatoms. The van der Waals surface area contributed by atoms with Gasteiger partial charge in [-0.1, -0.05) is 30.3 Å². The molecule has 0 radical (unpaired) electrons. The molecule has 0 spiro atoms. The lowest BCUT2D eigenvalue weighted by atomic mass is 9.98. The van der Waals surface area contributed by atoms with Gasteiger partial charge in [0.25, 0.3) is 0 Å². The topological polar surface area (TPSA) is 17.4 Å². The van der Waals surface area contributed by atoms with Crippen LogP contribution >= 0.6 is 0 Å². The minimum atomic E-state index is -4.36. The molecule has 29 heavy (non-hydrogen) atoms. The third kappa shape index (κ3) is 4.03. The van der Waals surface area contributed by atoms with Gasteiger partial charge in [-0.25, -0.2) is 0 Å². The van der Waals surface area contributed by atoms with Crippen molar-refractivity contribution < 1.29 is 17.9 Å². The normalized spacial score (nSPS) is 17.6. The number of aryl methyl sites for hydroxylation is 1. The zero-order valence-electron chi connectivity index (χ0n) is 16.2. The zero-order valence-corrected chi connectivity index (χ0v) is 16.2. The summed E-state index contributed by atoms with van der Waals surface area (Å²) >= 11 is 0. The summed E-state index contributed by atoms with van der Waals surface area (Å²) in [7, 11) is 1.64. The van der Waals surface area contributed by atoms with Crippen molar-refractivity contribution in [2.75, 3.05) is 13.7 Å². The summed E-state index contributed by atoms with van der Waals surface area (Å²) in [6.07, 6.45) is -1.44. The molecule has 0 N–H and O–H groups in total. The van der Waals surface area contributed by atoms with Gasteiger partial charge in [-0.15, -0.1) is 0 Å². The van der Waals surface area contributed by atoms with E-state index in [-0.39, 0.29) is 6.04 Å². The van der Waals surface area contributed by atoms with Crippen molar-refractivity contribution in [3.8, 4) is 5.75 Å². The van der Waals surface area contributed by atoms with Crippen LogP contribution in [0, 0.1) is 0 Å². The average Bonchev–Trinajstić information content (AvgIpc) is 3.09. The first-order valence-electron chi connectivity index (χ1n) is 9.65. The molecule has 0 bridgehead atoms. The first-order valence-corrected chi connectivity index (χ1v) is 9.65. The molecule has 2 aromatic carbocycles. The van der Waals surface area contributed by atoms with E-state index in [1.807, 2.05) is 42.6 Å². The number of ether oxygens (including phenoxy) is 1. The van der Waals surface area contributed by atoms with Crippen LogP contribution in [0.1, 0.15) is 34.8 Å². The Balaban J connectivity index is 1.78. The number of aromatic nitrogens is 1. The predicted molar refractivity (Wildman–Crippen MR) is 106 cm³/mol. The van der Waals surface area contributed by atoms with Crippen molar-refractivity contribution >= 4 is 0 Å². The van der Waals surface area contributed by atoms with Gasteiger partial charge in [-0.3, -0.25) is 4.90 Å². The van der Waals surface area contributed by atoms with Crippen molar-refractivity contribution in [2.45, 2.75) is 31.7 Å². The number of fused-ring (bicyclic) bond motifs is 1. The number of rotatable bonds is 4. The first-order chi connectivity index (χ1) is 14.0. The van der Waals surface area contributed by atoms with Gasteiger partial charge in [0, 0.05) is 37.1 Å². The van der Waals surface area contributed by atoms with E-state index in [2.05, 4.69) is 9.47 Å². The minimum Gasteiger partial charge on any atom is -0.496 e. The number of methoxy groups -OCH3 is 1. The Hall–Kier alpha value is -2.73. The van der Waals surface area contributed by atoms with Crippen LogP contribution in [-0.2, 0) is 19.3 Å². The maximum absolute atomic E-state index is 13.4. The summed E-state index contributed by atoms with van der Waals surface area (Å²) in [5, 5.41) is 0. The van der Waals surface area contributed by atoms with E-state index in [1.165, 1.54) is 12.1 Å². The summed E-state index contributed by atoms with van der Waals surface area (Å²) < 4.78 is 47.7. The lowest BCUT2D eigenvalue weighted by Crippen LogP contribution is -2.30. The molecule has 0 saturated carbocycles. The van der Waals surface area contributed by atoms with Crippen LogP contribution in [0.3, 0.4) is 0 Å². The monoisotopic (exact) mass is 400 g/mol. The molecule has 1 aliphatic rings. The molecule has 152 valence electrons. The summed E-state index contributed by atoms with van der Waals surface area (Å²) in [5.41, 5.74) is 2.06. The largest absolute Gasteiger partial charge is 0.496 e. The Morgan fingerprint density at radius 1 is 1.00 bits per heavy atom. The molecule has 0 saturated heterocycles. The second-order valence-corrected chi connectivity index (χ2v) is 7.29. The Bertz CT molecular complexity index is 980. The maximum Gasteiger partial charge on any atom is 0.416 e. The van der Waals surface area contributed by atoms with Crippen molar-refractivity contribution in [1.29, 1.82) is 0 Å². The SMILES string of the molecule is COc1ccccc1CN1CCCn2cccc2C1c1cccc(C(F)(F)F)c1. The third-order valence-electron chi connectivity index (χ3n) is 5.45. The van der Waals surface area contributed by atoms with Gasteiger partial charge >= 0.3 is 6.18 Å². The first kappa shape index (κ1) is 19.6. The summed E-state index contributed by atoms with van der Waals surface area (Å²) in [6.45, 7) is 2.22. The lowest BCUT2D eigenvalue weighted by molar-refractivity contribution is -0.137. The van der Waals surface area contributed by atoms with E-state index in [4.69, 9.17) is 4.74 Å².